The van der Waals surface area contributed by atoms with E-state index < -0.39 is 0 Å². The molecule has 0 atom stereocenters. The highest BCUT2D eigenvalue weighted by atomic mass is 19.1. The Morgan fingerprint density at radius 2 is 1.67 bits per heavy atom. The molecule has 0 heterocycles. The molecule has 0 amide bonds. The summed E-state index contributed by atoms with van der Waals surface area (Å²) in [5, 5.41) is 3.02. The lowest BCUT2D eigenvalue weighted by Crippen LogP contribution is -2.06. The normalized spacial score (nSPS) is 10.8. The third-order valence-electron chi connectivity index (χ3n) is 3.22. The molecule has 0 aliphatic rings. The zero-order valence-electron chi connectivity index (χ0n) is 12.0. The van der Waals surface area contributed by atoms with E-state index in [1.807, 2.05) is 24.3 Å². The molecule has 21 heavy (non-hydrogen) atoms. The fourth-order valence-electron chi connectivity index (χ4n) is 1.91. The van der Waals surface area contributed by atoms with Crippen LogP contribution < -0.4 is 5.32 Å². The molecule has 108 valence electrons. The van der Waals surface area contributed by atoms with E-state index in [9.17, 15) is 9.18 Å². The maximum atomic E-state index is 12.7. The van der Waals surface area contributed by atoms with Crippen LogP contribution >= 0.6 is 0 Å². The summed E-state index contributed by atoms with van der Waals surface area (Å²) in [6.07, 6.45) is 4.09. The van der Waals surface area contributed by atoms with Crippen molar-refractivity contribution in [3.8, 4) is 0 Å². The zero-order valence-corrected chi connectivity index (χ0v) is 12.0. The maximum absolute atomic E-state index is 12.7. The number of carbonyl (C=O) groups is 1. The van der Waals surface area contributed by atoms with Crippen molar-refractivity contribution in [3.63, 3.8) is 0 Å². The fraction of sp³-hybridized carbons (Fsp3) is 0.167. The van der Waals surface area contributed by atoms with Crippen LogP contribution in [0, 0.1) is 5.82 Å². The van der Waals surface area contributed by atoms with Crippen LogP contribution in [0.4, 0.5) is 4.39 Å². The summed E-state index contributed by atoms with van der Waals surface area (Å²) in [6.45, 7) is 2.63. The highest BCUT2D eigenvalue weighted by Crippen LogP contribution is 2.06. The summed E-state index contributed by atoms with van der Waals surface area (Å²) in [5.74, 6) is -0.288. The van der Waals surface area contributed by atoms with E-state index in [0.717, 1.165) is 12.0 Å². The number of ketones is 1. The molecule has 2 rings (SSSR count). The van der Waals surface area contributed by atoms with Gasteiger partial charge in [0.15, 0.2) is 5.78 Å². The molecule has 1 N–H and O–H groups in total. The van der Waals surface area contributed by atoms with Crippen molar-refractivity contribution in [3.05, 3.63) is 83.3 Å². The molecule has 2 aromatic rings. The summed E-state index contributed by atoms with van der Waals surface area (Å²) >= 11 is 0. The van der Waals surface area contributed by atoms with E-state index >= 15 is 0 Å². The average molecular weight is 283 g/mol. The molecule has 2 aromatic carbocycles. The van der Waals surface area contributed by atoms with Crippen molar-refractivity contribution in [2.45, 2.75) is 19.9 Å². The van der Waals surface area contributed by atoms with Crippen LogP contribution in [-0.4, -0.2) is 5.78 Å². The van der Waals surface area contributed by atoms with Gasteiger partial charge in [0.1, 0.15) is 5.82 Å². The monoisotopic (exact) mass is 283 g/mol. The summed E-state index contributed by atoms with van der Waals surface area (Å²) in [5.41, 5.74) is 2.85. The minimum absolute atomic E-state index is 0.0377. The van der Waals surface area contributed by atoms with Gasteiger partial charge in [0.2, 0.25) is 0 Å². The first kappa shape index (κ1) is 15.0. The number of halogens is 1. The van der Waals surface area contributed by atoms with Crippen molar-refractivity contribution in [2.75, 3.05) is 0 Å². The first-order chi connectivity index (χ1) is 10.2. The predicted molar refractivity (Wildman–Crippen MR) is 82.5 cm³/mol. The summed E-state index contributed by atoms with van der Waals surface area (Å²) < 4.78 is 12.7. The second-order valence-corrected chi connectivity index (χ2v) is 4.76. The molecule has 3 heteroatoms. The topological polar surface area (TPSA) is 29.1 Å². The van der Waals surface area contributed by atoms with Gasteiger partial charge in [0.25, 0.3) is 0 Å². The van der Waals surface area contributed by atoms with E-state index in [-0.39, 0.29) is 11.6 Å². The van der Waals surface area contributed by atoms with Gasteiger partial charge in [-0.3, -0.25) is 4.79 Å². The van der Waals surface area contributed by atoms with E-state index in [0.29, 0.717) is 12.1 Å². The SMILES string of the molecule is CCc1ccc(C(=O)C=CNCc2ccc(F)cc2)cc1. The van der Waals surface area contributed by atoms with Gasteiger partial charge in [-0.1, -0.05) is 43.3 Å². The standard InChI is InChI=1S/C18H18FNO/c1-2-14-3-7-16(8-4-14)18(21)11-12-20-13-15-5-9-17(19)10-6-15/h3-12,20H,2,13H2,1H3. The van der Waals surface area contributed by atoms with Crippen molar-refractivity contribution in [1.29, 1.82) is 0 Å². The van der Waals surface area contributed by atoms with Crippen LogP contribution in [0.15, 0.2) is 60.8 Å². The van der Waals surface area contributed by atoms with Crippen molar-refractivity contribution < 1.29 is 9.18 Å². The lowest BCUT2D eigenvalue weighted by atomic mass is 10.1. The van der Waals surface area contributed by atoms with Crippen molar-refractivity contribution in [1.82, 2.24) is 5.32 Å². The Labute approximate surface area is 124 Å². The molecule has 0 aromatic heterocycles. The Bertz CT molecular complexity index is 615. The predicted octanol–water partition coefficient (Wildman–Crippen LogP) is 3.87. The van der Waals surface area contributed by atoms with E-state index in [1.165, 1.54) is 23.8 Å². The fourth-order valence-corrected chi connectivity index (χ4v) is 1.91. The van der Waals surface area contributed by atoms with Gasteiger partial charge >= 0.3 is 0 Å². The van der Waals surface area contributed by atoms with Gasteiger partial charge in [-0.05, 0) is 29.7 Å². The average Bonchev–Trinajstić information content (AvgIpc) is 2.53. The number of hydrogen-bond acceptors (Lipinski definition) is 2. The molecular weight excluding hydrogens is 265 g/mol. The Morgan fingerprint density at radius 1 is 1.05 bits per heavy atom. The van der Waals surface area contributed by atoms with Gasteiger partial charge in [0, 0.05) is 24.4 Å². The first-order valence-corrected chi connectivity index (χ1v) is 6.96. The second-order valence-electron chi connectivity index (χ2n) is 4.76. The Morgan fingerprint density at radius 3 is 2.29 bits per heavy atom. The first-order valence-electron chi connectivity index (χ1n) is 6.96. The Balaban J connectivity index is 1.85. The quantitative estimate of drug-likeness (QED) is 0.644. The third-order valence-corrected chi connectivity index (χ3v) is 3.22. The Kier molecular flexibility index (Phi) is 5.27. The number of benzene rings is 2. The number of nitrogens with one attached hydrogen (secondary N) is 1. The Hall–Kier alpha value is -2.42. The molecule has 0 saturated carbocycles. The number of aryl methyl sites for hydroxylation is 1. The van der Waals surface area contributed by atoms with Gasteiger partial charge in [-0.25, -0.2) is 4.39 Å². The summed E-state index contributed by atoms with van der Waals surface area (Å²) in [6, 6.07) is 13.9. The molecule has 0 aliphatic carbocycles. The molecule has 2 nitrogen and oxygen atoms in total. The zero-order chi connectivity index (χ0) is 15.1. The molecule has 0 radical (unpaired) electrons. The summed E-state index contributed by atoms with van der Waals surface area (Å²) in [4.78, 5) is 11.9. The molecule has 0 saturated heterocycles. The number of rotatable bonds is 6. The number of hydrogen-bond donors (Lipinski definition) is 1. The molecule has 0 aliphatic heterocycles. The molecule has 0 spiro atoms. The van der Waals surface area contributed by atoms with Crippen LogP contribution in [0.3, 0.4) is 0 Å². The lowest BCUT2D eigenvalue weighted by molar-refractivity contribution is 0.104. The highest BCUT2D eigenvalue weighted by Gasteiger charge is 2.00. The van der Waals surface area contributed by atoms with Gasteiger partial charge < -0.3 is 5.32 Å². The van der Waals surface area contributed by atoms with Crippen LogP contribution in [0.5, 0.6) is 0 Å². The van der Waals surface area contributed by atoms with Crippen LogP contribution in [0.1, 0.15) is 28.4 Å². The van der Waals surface area contributed by atoms with Crippen molar-refractivity contribution >= 4 is 5.78 Å². The van der Waals surface area contributed by atoms with E-state index in [4.69, 9.17) is 0 Å². The number of carbonyl (C=O) groups excluding carboxylic acids is 1. The number of allylic oxidation sites excluding steroid dienone is 1. The molecule has 0 fully saturated rings. The van der Waals surface area contributed by atoms with Crippen LogP contribution in [-0.2, 0) is 13.0 Å². The van der Waals surface area contributed by atoms with Crippen LogP contribution in [0.25, 0.3) is 0 Å². The minimum atomic E-state index is -0.250. The second kappa shape index (κ2) is 7.39. The van der Waals surface area contributed by atoms with Crippen molar-refractivity contribution in [2.24, 2.45) is 0 Å². The van der Waals surface area contributed by atoms with Gasteiger partial charge in [-0.2, -0.15) is 0 Å². The molecular formula is C18H18FNO. The van der Waals surface area contributed by atoms with Gasteiger partial charge in [0.05, 0.1) is 0 Å². The highest BCUT2D eigenvalue weighted by molar-refractivity contribution is 6.04. The maximum Gasteiger partial charge on any atom is 0.187 e. The van der Waals surface area contributed by atoms with E-state index in [2.05, 4.69) is 12.2 Å². The largest absolute Gasteiger partial charge is 0.387 e. The smallest absolute Gasteiger partial charge is 0.187 e. The lowest BCUT2D eigenvalue weighted by Gasteiger charge is -2.01. The van der Waals surface area contributed by atoms with Gasteiger partial charge in [-0.15, -0.1) is 0 Å². The third kappa shape index (κ3) is 4.56. The molecule has 0 unspecified atom stereocenters. The van der Waals surface area contributed by atoms with E-state index in [1.54, 1.807) is 18.3 Å². The molecule has 0 bridgehead atoms. The van der Waals surface area contributed by atoms with Crippen LogP contribution in [0.2, 0.25) is 0 Å². The minimum Gasteiger partial charge on any atom is -0.387 e. The summed E-state index contributed by atoms with van der Waals surface area (Å²) in [7, 11) is 0.